The van der Waals surface area contributed by atoms with Gasteiger partial charge in [0, 0.05) is 29.2 Å². The number of urea groups is 1. The number of anilines is 1. The number of halogens is 1. The number of carbonyl (C=O) groups excluding carboxylic acids is 1. The molecule has 1 unspecified atom stereocenters. The lowest BCUT2D eigenvalue weighted by molar-refractivity contribution is -0.139. The van der Waals surface area contributed by atoms with E-state index in [1.807, 2.05) is 6.07 Å². The highest BCUT2D eigenvalue weighted by molar-refractivity contribution is 5.93. The number of aromatic amines is 1. The quantitative estimate of drug-likeness (QED) is 0.555. The lowest BCUT2D eigenvalue weighted by Gasteiger charge is -2.15. The molecule has 3 rings (SSSR count). The number of nitrogens with zero attached hydrogens (tertiary/aromatic N) is 1. The molecule has 0 spiro atoms. The molecule has 0 aliphatic heterocycles. The van der Waals surface area contributed by atoms with E-state index < -0.39 is 23.9 Å². The van der Waals surface area contributed by atoms with Crippen LogP contribution in [0.5, 0.6) is 0 Å². The van der Waals surface area contributed by atoms with E-state index >= 15 is 0 Å². The molecular weight excluding hydrogens is 351 g/mol. The van der Waals surface area contributed by atoms with Gasteiger partial charge in [-0.05, 0) is 35.9 Å². The Bertz CT molecular complexity index is 1050. The Balaban J connectivity index is 1.74. The van der Waals surface area contributed by atoms with Gasteiger partial charge < -0.3 is 20.7 Å². The number of aliphatic carboxylic acids is 1. The second kappa shape index (κ2) is 7.58. The van der Waals surface area contributed by atoms with Crippen molar-refractivity contribution >= 4 is 28.6 Å². The van der Waals surface area contributed by atoms with Crippen molar-refractivity contribution in [2.24, 2.45) is 0 Å². The summed E-state index contributed by atoms with van der Waals surface area (Å²) in [4.78, 5) is 26.6. The maximum absolute atomic E-state index is 14.1. The van der Waals surface area contributed by atoms with Crippen molar-refractivity contribution in [1.82, 2.24) is 10.3 Å². The SMILES string of the molecule is N#Cc1cccc(NC(=O)NC(Cc2c[nH]c3cccc(F)c23)C(=O)O)c1. The molecule has 27 heavy (non-hydrogen) atoms. The molecule has 0 saturated heterocycles. The third-order valence-electron chi connectivity index (χ3n) is 4.01. The van der Waals surface area contributed by atoms with E-state index in [1.54, 1.807) is 30.3 Å². The van der Waals surface area contributed by atoms with Gasteiger partial charge in [-0.3, -0.25) is 0 Å². The molecule has 2 aromatic carbocycles. The number of fused-ring (bicyclic) bond motifs is 1. The fraction of sp³-hybridized carbons (Fsp3) is 0.105. The minimum absolute atomic E-state index is 0.0953. The number of carbonyl (C=O) groups is 2. The van der Waals surface area contributed by atoms with Gasteiger partial charge in [-0.25, -0.2) is 14.0 Å². The van der Waals surface area contributed by atoms with Gasteiger partial charge in [-0.2, -0.15) is 5.26 Å². The molecule has 136 valence electrons. The lowest BCUT2D eigenvalue weighted by Crippen LogP contribution is -2.44. The zero-order chi connectivity index (χ0) is 19.4. The lowest BCUT2D eigenvalue weighted by atomic mass is 10.0. The number of carboxylic acids is 1. The summed E-state index contributed by atoms with van der Waals surface area (Å²) in [5, 5.41) is 23.4. The van der Waals surface area contributed by atoms with Crippen molar-refractivity contribution in [3.05, 3.63) is 65.6 Å². The number of amides is 2. The number of nitriles is 1. The molecule has 1 atom stereocenters. The van der Waals surface area contributed by atoms with Gasteiger partial charge in [0.15, 0.2) is 0 Å². The number of hydrogen-bond donors (Lipinski definition) is 4. The summed E-state index contributed by atoms with van der Waals surface area (Å²) in [6.45, 7) is 0. The third kappa shape index (κ3) is 4.04. The fourth-order valence-corrected chi connectivity index (χ4v) is 2.78. The van der Waals surface area contributed by atoms with E-state index in [9.17, 15) is 19.1 Å². The number of rotatable bonds is 5. The topological polar surface area (TPSA) is 118 Å². The molecule has 0 aliphatic carbocycles. The zero-order valence-electron chi connectivity index (χ0n) is 14.0. The largest absolute Gasteiger partial charge is 0.480 e. The van der Waals surface area contributed by atoms with Crippen LogP contribution in [0.1, 0.15) is 11.1 Å². The van der Waals surface area contributed by atoms with E-state index in [0.29, 0.717) is 27.7 Å². The predicted octanol–water partition coefficient (Wildman–Crippen LogP) is 3.00. The Morgan fingerprint density at radius 2 is 2.04 bits per heavy atom. The molecule has 2 amide bonds. The van der Waals surface area contributed by atoms with Gasteiger partial charge in [0.2, 0.25) is 0 Å². The molecule has 0 fully saturated rings. The van der Waals surface area contributed by atoms with Crippen LogP contribution in [0.15, 0.2) is 48.7 Å². The van der Waals surface area contributed by atoms with E-state index in [4.69, 9.17) is 5.26 Å². The summed E-state index contributed by atoms with van der Waals surface area (Å²) in [6.07, 6.45) is 1.43. The molecule has 1 heterocycles. The van der Waals surface area contributed by atoms with Crippen molar-refractivity contribution in [3.63, 3.8) is 0 Å². The minimum Gasteiger partial charge on any atom is -0.480 e. The number of nitrogens with one attached hydrogen (secondary N) is 3. The number of carboxylic acid groups (broad SMARTS) is 1. The van der Waals surface area contributed by atoms with Crippen LogP contribution in [0, 0.1) is 17.1 Å². The third-order valence-corrected chi connectivity index (χ3v) is 4.01. The molecular formula is C19H15FN4O3. The number of hydrogen-bond acceptors (Lipinski definition) is 3. The van der Waals surface area contributed by atoms with Crippen molar-refractivity contribution in [3.8, 4) is 6.07 Å². The van der Waals surface area contributed by atoms with E-state index in [2.05, 4.69) is 15.6 Å². The molecule has 0 bridgehead atoms. The second-order valence-corrected chi connectivity index (χ2v) is 5.86. The minimum atomic E-state index is -1.26. The Kier molecular flexibility index (Phi) is 5.04. The van der Waals surface area contributed by atoms with Gasteiger partial charge >= 0.3 is 12.0 Å². The highest BCUT2D eigenvalue weighted by atomic mass is 19.1. The van der Waals surface area contributed by atoms with Gasteiger partial charge in [0.05, 0.1) is 11.6 Å². The summed E-state index contributed by atoms with van der Waals surface area (Å²) in [5.41, 5.74) is 1.71. The van der Waals surface area contributed by atoms with Crippen LogP contribution in [0.3, 0.4) is 0 Å². The van der Waals surface area contributed by atoms with Crippen molar-refractivity contribution in [1.29, 1.82) is 5.26 Å². The Hall–Kier alpha value is -3.86. The number of aromatic nitrogens is 1. The Morgan fingerprint density at radius 3 is 2.78 bits per heavy atom. The predicted molar refractivity (Wildman–Crippen MR) is 96.7 cm³/mol. The fourth-order valence-electron chi connectivity index (χ4n) is 2.78. The molecule has 7 nitrogen and oxygen atoms in total. The van der Waals surface area contributed by atoms with Crippen LogP contribution in [0.25, 0.3) is 10.9 Å². The monoisotopic (exact) mass is 366 g/mol. The Labute approximate surface area is 153 Å². The first kappa shape index (κ1) is 17.9. The highest BCUT2D eigenvalue weighted by Gasteiger charge is 2.23. The summed E-state index contributed by atoms with van der Waals surface area (Å²) >= 11 is 0. The molecule has 0 saturated carbocycles. The van der Waals surface area contributed by atoms with E-state index in [-0.39, 0.29) is 6.42 Å². The molecule has 3 aromatic rings. The molecule has 8 heteroatoms. The average Bonchev–Trinajstić information content (AvgIpc) is 3.05. The van der Waals surface area contributed by atoms with Crippen molar-refractivity contribution in [2.75, 3.05) is 5.32 Å². The van der Waals surface area contributed by atoms with Gasteiger partial charge in [0.25, 0.3) is 0 Å². The van der Waals surface area contributed by atoms with E-state index in [0.717, 1.165) is 0 Å². The smallest absolute Gasteiger partial charge is 0.326 e. The summed E-state index contributed by atoms with van der Waals surface area (Å²) in [7, 11) is 0. The highest BCUT2D eigenvalue weighted by Crippen LogP contribution is 2.22. The number of benzene rings is 2. The van der Waals surface area contributed by atoms with E-state index in [1.165, 1.54) is 18.3 Å². The summed E-state index contributed by atoms with van der Waals surface area (Å²) in [6, 6.07) is 10.7. The van der Waals surface area contributed by atoms with Crippen LogP contribution in [0.4, 0.5) is 14.9 Å². The van der Waals surface area contributed by atoms with Gasteiger partial charge in [-0.1, -0.05) is 12.1 Å². The molecule has 4 N–H and O–H groups in total. The van der Waals surface area contributed by atoms with Gasteiger partial charge in [-0.15, -0.1) is 0 Å². The van der Waals surface area contributed by atoms with Gasteiger partial charge in [0.1, 0.15) is 11.9 Å². The molecule has 0 radical (unpaired) electrons. The first-order chi connectivity index (χ1) is 13.0. The van der Waals surface area contributed by atoms with Crippen LogP contribution in [-0.2, 0) is 11.2 Å². The second-order valence-electron chi connectivity index (χ2n) is 5.86. The van der Waals surface area contributed by atoms with Crippen LogP contribution >= 0.6 is 0 Å². The van der Waals surface area contributed by atoms with Crippen molar-refractivity contribution < 1.29 is 19.1 Å². The van der Waals surface area contributed by atoms with Crippen LogP contribution < -0.4 is 10.6 Å². The van der Waals surface area contributed by atoms with Crippen molar-refractivity contribution in [2.45, 2.75) is 12.5 Å². The maximum Gasteiger partial charge on any atom is 0.326 e. The summed E-state index contributed by atoms with van der Waals surface area (Å²) < 4.78 is 14.1. The van der Waals surface area contributed by atoms with Crippen LogP contribution in [-0.4, -0.2) is 28.1 Å². The molecule has 0 aliphatic rings. The average molecular weight is 366 g/mol. The maximum atomic E-state index is 14.1. The zero-order valence-corrected chi connectivity index (χ0v) is 14.0. The summed E-state index contributed by atoms with van der Waals surface area (Å²) in [5.74, 6) is -1.72. The first-order valence-corrected chi connectivity index (χ1v) is 8.03. The molecule has 1 aromatic heterocycles. The van der Waals surface area contributed by atoms with Crippen LogP contribution in [0.2, 0.25) is 0 Å². The standard InChI is InChI=1S/C19H15FN4O3/c20-14-5-2-6-15-17(14)12(10-22-15)8-16(18(25)26)24-19(27)23-13-4-1-3-11(7-13)9-21/h1-7,10,16,22H,8H2,(H,25,26)(H2,23,24,27). The Morgan fingerprint density at radius 1 is 1.26 bits per heavy atom. The number of H-pyrrole nitrogens is 1. The normalized spacial score (nSPS) is 11.6. The first-order valence-electron chi connectivity index (χ1n) is 8.03.